The van der Waals surface area contributed by atoms with Crippen molar-refractivity contribution in [1.29, 1.82) is 0 Å². The highest BCUT2D eigenvalue weighted by molar-refractivity contribution is 4.94. The monoisotopic (exact) mass is 294 g/mol. The minimum Gasteiger partial charge on any atom is -0.311 e. The Bertz CT molecular complexity index is 300. The van der Waals surface area contributed by atoms with Gasteiger partial charge < -0.3 is 5.32 Å². The van der Waals surface area contributed by atoms with Crippen molar-refractivity contribution in [1.82, 2.24) is 10.2 Å². The van der Waals surface area contributed by atoms with Crippen molar-refractivity contribution >= 4 is 0 Å². The number of nitrogens with one attached hydrogen (secondary N) is 1. The lowest BCUT2D eigenvalue weighted by atomic mass is 9.79. The lowest BCUT2D eigenvalue weighted by Crippen LogP contribution is -2.62. The Kier molecular flexibility index (Phi) is 6.55. The first-order chi connectivity index (χ1) is 10.0. The van der Waals surface area contributed by atoms with Gasteiger partial charge >= 0.3 is 0 Å². The highest BCUT2D eigenvalue weighted by Crippen LogP contribution is 2.34. The summed E-state index contributed by atoms with van der Waals surface area (Å²) in [6, 6.07) is 2.30. The standard InChI is InChI=1S/C19H38N2/c1-6-16-9-7-8-10-18(16)21-13-17(11-14(2)3)20-12-19(21)15(4)5/h14-20H,6-13H2,1-5H3. The van der Waals surface area contributed by atoms with Crippen LogP contribution in [-0.4, -0.2) is 36.1 Å². The summed E-state index contributed by atoms with van der Waals surface area (Å²) in [5.74, 6) is 2.50. The third-order valence-electron chi connectivity index (χ3n) is 5.82. The van der Waals surface area contributed by atoms with Crippen LogP contribution in [0.1, 0.15) is 73.1 Å². The minimum absolute atomic E-state index is 0.708. The molecular weight excluding hydrogens is 256 g/mol. The molecule has 0 amide bonds. The smallest absolute Gasteiger partial charge is 0.0247 e. The first kappa shape index (κ1) is 17.3. The fourth-order valence-electron chi connectivity index (χ4n) is 4.69. The average Bonchev–Trinajstić information content (AvgIpc) is 2.46. The number of piperazine rings is 1. The summed E-state index contributed by atoms with van der Waals surface area (Å²) in [7, 11) is 0. The van der Waals surface area contributed by atoms with Crippen LogP contribution in [0.5, 0.6) is 0 Å². The summed E-state index contributed by atoms with van der Waals surface area (Å²) in [6.45, 7) is 14.4. The van der Waals surface area contributed by atoms with Crippen LogP contribution in [0, 0.1) is 17.8 Å². The molecule has 0 aromatic heterocycles. The molecule has 1 aliphatic heterocycles. The van der Waals surface area contributed by atoms with Crippen molar-refractivity contribution in [2.45, 2.75) is 91.3 Å². The van der Waals surface area contributed by atoms with Crippen molar-refractivity contribution in [2.75, 3.05) is 13.1 Å². The van der Waals surface area contributed by atoms with Gasteiger partial charge in [0.05, 0.1) is 0 Å². The van der Waals surface area contributed by atoms with Gasteiger partial charge in [-0.3, -0.25) is 4.90 Å². The fraction of sp³-hybridized carbons (Fsp3) is 1.00. The molecule has 2 nitrogen and oxygen atoms in total. The van der Waals surface area contributed by atoms with E-state index in [-0.39, 0.29) is 0 Å². The molecular formula is C19H38N2. The van der Waals surface area contributed by atoms with Crippen molar-refractivity contribution < 1.29 is 0 Å². The Balaban J connectivity index is 2.08. The zero-order valence-corrected chi connectivity index (χ0v) is 15.1. The lowest BCUT2D eigenvalue weighted by molar-refractivity contribution is 0.00814. The van der Waals surface area contributed by atoms with Crippen molar-refractivity contribution in [3.63, 3.8) is 0 Å². The van der Waals surface area contributed by atoms with Gasteiger partial charge in [0.15, 0.2) is 0 Å². The van der Waals surface area contributed by atoms with Crippen molar-refractivity contribution in [2.24, 2.45) is 17.8 Å². The summed E-state index contributed by atoms with van der Waals surface area (Å²) < 4.78 is 0. The Morgan fingerprint density at radius 3 is 2.43 bits per heavy atom. The highest BCUT2D eigenvalue weighted by Gasteiger charge is 2.38. The molecule has 1 saturated carbocycles. The molecule has 1 heterocycles. The highest BCUT2D eigenvalue weighted by atomic mass is 15.3. The van der Waals surface area contributed by atoms with Crippen LogP contribution >= 0.6 is 0 Å². The quantitative estimate of drug-likeness (QED) is 0.813. The topological polar surface area (TPSA) is 15.3 Å². The second-order valence-electron chi connectivity index (χ2n) is 8.26. The Morgan fingerprint density at radius 1 is 1.10 bits per heavy atom. The molecule has 2 aliphatic rings. The minimum atomic E-state index is 0.708. The molecule has 0 bridgehead atoms. The molecule has 2 fully saturated rings. The first-order valence-corrected chi connectivity index (χ1v) is 9.52. The van der Waals surface area contributed by atoms with Crippen LogP contribution in [0.15, 0.2) is 0 Å². The van der Waals surface area contributed by atoms with Crippen LogP contribution in [0.4, 0.5) is 0 Å². The average molecular weight is 295 g/mol. The maximum absolute atomic E-state index is 3.84. The second kappa shape index (κ2) is 7.97. The summed E-state index contributed by atoms with van der Waals surface area (Å²) in [5, 5.41) is 3.84. The van der Waals surface area contributed by atoms with E-state index >= 15 is 0 Å². The SMILES string of the molecule is CCC1CCCCC1N1CC(CC(C)C)NCC1C(C)C. The van der Waals surface area contributed by atoms with Gasteiger partial charge in [0, 0.05) is 31.2 Å². The number of rotatable bonds is 5. The predicted octanol–water partition coefficient (Wildman–Crippen LogP) is 4.30. The maximum atomic E-state index is 3.84. The van der Waals surface area contributed by atoms with Crippen LogP contribution in [0.3, 0.4) is 0 Å². The van der Waals surface area contributed by atoms with Gasteiger partial charge in [0.2, 0.25) is 0 Å². The summed E-state index contributed by atoms with van der Waals surface area (Å²) in [5.41, 5.74) is 0. The molecule has 0 radical (unpaired) electrons. The molecule has 1 aliphatic carbocycles. The van der Waals surface area contributed by atoms with E-state index in [1.165, 1.54) is 51.6 Å². The molecule has 4 atom stereocenters. The lowest BCUT2D eigenvalue weighted by Gasteiger charge is -2.50. The molecule has 1 saturated heterocycles. The Hall–Kier alpha value is -0.0800. The number of hydrogen-bond acceptors (Lipinski definition) is 2. The van der Waals surface area contributed by atoms with Crippen LogP contribution < -0.4 is 5.32 Å². The van der Waals surface area contributed by atoms with Gasteiger partial charge in [-0.15, -0.1) is 0 Å². The summed E-state index contributed by atoms with van der Waals surface area (Å²) >= 11 is 0. The van der Waals surface area contributed by atoms with E-state index in [0.717, 1.165) is 29.8 Å². The van der Waals surface area contributed by atoms with E-state index in [1.54, 1.807) is 0 Å². The van der Waals surface area contributed by atoms with Crippen LogP contribution in [0.25, 0.3) is 0 Å². The van der Waals surface area contributed by atoms with Crippen LogP contribution in [-0.2, 0) is 0 Å². The number of hydrogen-bond donors (Lipinski definition) is 1. The molecule has 2 heteroatoms. The zero-order valence-electron chi connectivity index (χ0n) is 15.1. The van der Waals surface area contributed by atoms with Gasteiger partial charge in [-0.2, -0.15) is 0 Å². The molecule has 0 aromatic carbocycles. The summed E-state index contributed by atoms with van der Waals surface area (Å²) in [6.07, 6.45) is 8.51. The molecule has 2 rings (SSSR count). The zero-order chi connectivity index (χ0) is 15.4. The molecule has 1 N–H and O–H groups in total. The van der Waals surface area contributed by atoms with E-state index in [9.17, 15) is 0 Å². The molecule has 124 valence electrons. The van der Waals surface area contributed by atoms with Gasteiger partial charge in [0.25, 0.3) is 0 Å². The van der Waals surface area contributed by atoms with E-state index in [0.29, 0.717) is 6.04 Å². The van der Waals surface area contributed by atoms with E-state index in [4.69, 9.17) is 0 Å². The van der Waals surface area contributed by atoms with Crippen molar-refractivity contribution in [3.8, 4) is 0 Å². The third-order valence-corrected chi connectivity index (χ3v) is 5.82. The van der Waals surface area contributed by atoms with E-state index in [2.05, 4.69) is 44.8 Å². The normalized spacial score (nSPS) is 35.6. The van der Waals surface area contributed by atoms with Crippen LogP contribution in [0.2, 0.25) is 0 Å². The van der Waals surface area contributed by atoms with E-state index in [1.807, 2.05) is 0 Å². The molecule has 0 spiro atoms. The number of nitrogens with zero attached hydrogens (tertiary/aromatic N) is 1. The van der Waals surface area contributed by atoms with Crippen molar-refractivity contribution in [3.05, 3.63) is 0 Å². The van der Waals surface area contributed by atoms with Gasteiger partial charge in [-0.25, -0.2) is 0 Å². The fourth-order valence-corrected chi connectivity index (χ4v) is 4.69. The van der Waals surface area contributed by atoms with E-state index < -0.39 is 0 Å². The predicted molar refractivity (Wildman–Crippen MR) is 92.6 cm³/mol. The second-order valence-corrected chi connectivity index (χ2v) is 8.26. The Morgan fingerprint density at radius 2 is 1.81 bits per heavy atom. The molecule has 4 unspecified atom stereocenters. The summed E-state index contributed by atoms with van der Waals surface area (Å²) in [4.78, 5) is 2.93. The van der Waals surface area contributed by atoms with Gasteiger partial charge in [-0.1, -0.05) is 53.9 Å². The maximum Gasteiger partial charge on any atom is 0.0247 e. The Labute approximate surface area is 133 Å². The third kappa shape index (κ3) is 4.45. The first-order valence-electron chi connectivity index (χ1n) is 9.52. The van der Waals surface area contributed by atoms with Gasteiger partial charge in [0.1, 0.15) is 0 Å². The van der Waals surface area contributed by atoms with Gasteiger partial charge in [-0.05, 0) is 37.0 Å². The molecule has 0 aromatic rings. The largest absolute Gasteiger partial charge is 0.311 e. The molecule has 21 heavy (non-hydrogen) atoms.